The van der Waals surface area contributed by atoms with Gasteiger partial charge in [-0.25, -0.2) is 0 Å². The minimum atomic E-state index is -0.776. The van der Waals surface area contributed by atoms with Gasteiger partial charge in [-0.1, -0.05) is 271 Å². The van der Waals surface area contributed by atoms with Gasteiger partial charge in [-0.2, -0.15) is 0 Å². The zero-order valence-electron chi connectivity index (χ0n) is 42.4. The predicted molar refractivity (Wildman–Crippen MR) is 266 cm³/mol. The lowest BCUT2D eigenvalue weighted by Crippen LogP contribution is -2.37. The Hall–Kier alpha value is -1.59. The van der Waals surface area contributed by atoms with Crippen molar-refractivity contribution in [2.75, 3.05) is 19.8 Å². The highest BCUT2D eigenvalue weighted by Gasteiger charge is 2.31. The Bertz CT molecular complexity index is 832. The third-order valence-electron chi connectivity index (χ3n) is 12.9. The molecule has 0 bridgehead atoms. The van der Waals surface area contributed by atoms with Crippen molar-refractivity contribution in [2.24, 2.45) is 5.41 Å². The molecule has 0 heterocycles. The summed E-state index contributed by atoms with van der Waals surface area (Å²) in [7, 11) is 0. The maximum Gasteiger partial charge on any atom is 0.305 e. The summed E-state index contributed by atoms with van der Waals surface area (Å²) in [5.74, 6) is -0.673. The standard InChI is InChI=1S/C56H108O6/c1-5-8-11-14-17-20-23-26-29-32-35-38-41-44-47-53(57)60-50-56(4,51-61-54(58)48-45-42-39-36-33-30-27-24-21-18-15-12-9-6-2)52-62-55(59)49-46-43-40-37-34-31-28-25-22-19-16-13-10-7-3/h5-52H2,1-4H3. The molecule has 0 aromatic carbocycles. The van der Waals surface area contributed by atoms with Crippen LogP contribution in [0.2, 0.25) is 0 Å². The minimum Gasteiger partial charge on any atom is -0.465 e. The van der Waals surface area contributed by atoms with Crippen LogP contribution in [-0.2, 0) is 28.6 Å². The van der Waals surface area contributed by atoms with E-state index < -0.39 is 5.41 Å². The summed E-state index contributed by atoms with van der Waals surface area (Å²) in [5, 5.41) is 0. The van der Waals surface area contributed by atoms with Crippen molar-refractivity contribution in [1.82, 2.24) is 0 Å². The van der Waals surface area contributed by atoms with Gasteiger partial charge in [0.25, 0.3) is 0 Å². The Labute approximate surface area is 387 Å². The Balaban J connectivity index is 4.43. The van der Waals surface area contributed by atoms with Gasteiger partial charge in [0.15, 0.2) is 0 Å². The molecule has 0 spiro atoms. The second-order valence-corrected chi connectivity index (χ2v) is 19.8. The lowest BCUT2D eigenvalue weighted by Gasteiger charge is -2.28. The molecule has 0 saturated carbocycles. The van der Waals surface area contributed by atoms with Gasteiger partial charge in [0.1, 0.15) is 19.8 Å². The second kappa shape index (κ2) is 48.9. The van der Waals surface area contributed by atoms with Crippen LogP contribution in [0.1, 0.15) is 317 Å². The summed E-state index contributed by atoms with van der Waals surface area (Å²) < 4.78 is 17.2. The first-order valence-electron chi connectivity index (χ1n) is 27.8. The quantitative estimate of drug-likeness (QED) is 0.0344. The molecule has 0 unspecified atom stereocenters. The van der Waals surface area contributed by atoms with E-state index in [9.17, 15) is 14.4 Å². The average molecular weight is 877 g/mol. The van der Waals surface area contributed by atoms with Crippen LogP contribution >= 0.6 is 0 Å². The topological polar surface area (TPSA) is 78.9 Å². The Morgan fingerprint density at radius 1 is 0.258 bits per heavy atom. The molecule has 0 aliphatic rings. The highest BCUT2D eigenvalue weighted by atomic mass is 16.6. The van der Waals surface area contributed by atoms with Gasteiger partial charge in [-0.05, 0) is 26.2 Å². The summed E-state index contributed by atoms with van der Waals surface area (Å²) in [6, 6.07) is 0. The lowest BCUT2D eigenvalue weighted by atomic mass is 9.94. The van der Waals surface area contributed by atoms with Crippen LogP contribution in [0.4, 0.5) is 0 Å². The summed E-state index contributed by atoms with van der Waals surface area (Å²) >= 11 is 0. The van der Waals surface area contributed by atoms with Gasteiger partial charge in [-0.3, -0.25) is 14.4 Å². The van der Waals surface area contributed by atoms with Crippen molar-refractivity contribution < 1.29 is 28.6 Å². The van der Waals surface area contributed by atoms with E-state index in [4.69, 9.17) is 14.2 Å². The number of ether oxygens (including phenoxy) is 3. The summed E-state index contributed by atoms with van der Waals surface area (Å²) in [6.45, 7) is 8.93. The first-order chi connectivity index (χ1) is 30.4. The van der Waals surface area contributed by atoms with Gasteiger partial charge in [0.2, 0.25) is 0 Å². The third kappa shape index (κ3) is 46.4. The van der Waals surface area contributed by atoms with Crippen molar-refractivity contribution >= 4 is 17.9 Å². The van der Waals surface area contributed by atoms with Crippen LogP contribution in [-0.4, -0.2) is 37.7 Å². The molecule has 6 heteroatoms. The van der Waals surface area contributed by atoms with E-state index in [1.165, 1.54) is 212 Å². The molecule has 0 amide bonds. The molecule has 368 valence electrons. The molecule has 0 saturated heterocycles. The van der Waals surface area contributed by atoms with Gasteiger partial charge >= 0.3 is 17.9 Å². The number of unbranched alkanes of at least 4 members (excludes halogenated alkanes) is 39. The van der Waals surface area contributed by atoms with E-state index in [1.54, 1.807) is 0 Å². The molecular formula is C56H108O6. The van der Waals surface area contributed by atoms with E-state index in [0.29, 0.717) is 19.3 Å². The predicted octanol–water partition coefficient (Wildman–Crippen LogP) is 18.2. The first-order valence-corrected chi connectivity index (χ1v) is 27.8. The fourth-order valence-corrected chi connectivity index (χ4v) is 8.50. The summed E-state index contributed by atoms with van der Waals surface area (Å²) in [5.41, 5.74) is -0.776. The fraction of sp³-hybridized carbons (Fsp3) is 0.946. The van der Waals surface area contributed by atoms with E-state index in [0.717, 1.165) is 57.8 Å². The maximum absolute atomic E-state index is 12.8. The van der Waals surface area contributed by atoms with Crippen LogP contribution in [0.25, 0.3) is 0 Å². The van der Waals surface area contributed by atoms with Gasteiger partial charge in [0.05, 0.1) is 5.41 Å². The van der Waals surface area contributed by atoms with Crippen LogP contribution in [0.3, 0.4) is 0 Å². The number of hydrogen-bond acceptors (Lipinski definition) is 6. The van der Waals surface area contributed by atoms with E-state index in [1.807, 2.05) is 6.92 Å². The number of rotatable bonds is 51. The molecule has 0 rings (SSSR count). The largest absolute Gasteiger partial charge is 0.465 e. The third-order valence-corrected chi connectivity index (χ3v) is 12.9. The smallest absolute Gasteiger partial charge is 0.305 e. The zero-order valence-corrected chi connectivity index (χ0v) is 42.4. The molecule has 0 fully saturated rings. The number of esters is 3. The normalized spacial score (nSPS) is 11.6. The van der Waals surface area contributed by atoms with Gasteiger partial charge in [-0.15, -0.1) is 0 Å². The Morgan fingerprint density at radius 3 is 0.565 bits per heavy atom. The van der Waals surface area contributed by atoms with Crippen molar-refractivity contribution in [3.05, 3.63) is 0 Å². The average Bonchev–Trinajstić information content (AvgIpc) is 3.27. The van der Waals surface area contributed by atoms with Gasteiger partial charge in [0, 0.05) is 19.3 Å². The molecule has 0 radical (unpaired) electrons. The van der Waals surface area contributed by atoms with E-state index in [-0.39, 0.29) is 37.7 Å². The second-order valence-electron chi connectivity index (χ2n) is 19.8. The molecular weight excluding hydrogens is 769 g/mol. The number of carbonyl (C=O) groups excluding carboxylic acids is 3. The van der Waals surface area contributed by atoms with Crippen LogP contribution < -0.4 is 0 Å². The highest BCUT2D eigenvalue weighted by Crippen LogP contribution is 2.22. The minimum absolute atomic E-state index is 0.0721. The molecule has 6 nitrogen and oxygen atoms in total. The SMILES string of the molecule is CCCCCCCCCCCCCCCCC(=O)OCC(C)(COC(=O)CCCCCCCCCCCCCCCC)COC(=O)CCCCCCCCCCCCCCCC. The maximum atomic E-state index is 12.8. The number of carbonyl (C=O) groups is 3. The fourth-order valence-electron chi connectivity index (χ4n) is 8.50. The van der Waals surface area contributed by atoms with Crippen LogP contribution in [0.15, 0.2) is 0 Å². The zero-order chi connectivity index (χ0) is 45.3. The number of hydrogen-bond donors (Lipinski definition) is 0. The molecule has 0 aliphatic carbocycles. The highest BCUT2D eigenvalue weighted by molar-refractivity contribution is 5.70. The molecule has 0 N–H and O–H groups in total. The first kappa shape index (κ1) is 60.4. The molecule has 0 aromatic rings. The van der Waals surface area contributed by atoms with Crippen molar-refractivity contribution in [1.29, 1.82) is 0 Å². The molecule has 0 aromatic heterocycles. The summed E-state index contributed by atoms with van der Waals surface area (Å²) in [4.78, 5) is 38.3. The van der Waals surface area contributed by atoms with Crippen molar-refractivity contribution in [3.63, 3.8) is 0 Å². The monoisotopic (exact) mass is 877 g/mol. The van der Waals surface area contributed by atoms with Crippen LogP contribution in [0.5, 0.6) is 0 Å². The van der Waals surface area contributed by atoms with Crippen molar-refractivity contribution in [2.45, 2.75) is 317 Å². The van der Waals surface area contributed by atoms with E-state index >= 15 is 0 Å². The van der Waals surface area contributed by atoms with Crippen LogP contribution in [0, 0.1) is 5.41 Å². The lowest BCUT2D eigenvalue weighted by molar-refractivity contribution is -0.160. The molecule has 0 atom stereocenters. The Morgan fingerprint density at radius 2 is 0.403 bits per heavy atom. The summed E-state index contributed by atoms with van der Waals surface area (Å²) in [6.07, 6.45) is 54.8. The van der Waals surface area contributed by atoms with E-state index in [2.05, 4.69) is 20.8 Å². The Kier molecular flexibility index (Phi) is 47.6. The molecule has 0 aliphatic heterocycles. The van der Waals surface area contributed by atoms with Crippen molar-refractivity contribution in [3.8, 4) is 0 Å². The van der Waals surface area contributed by atoms with Gasteiger partial charge < -0.3 is 14.2 Å². The molecule has 62 heavy (non-hydrogen) atoms.